The van der Waals surface area contributed by atoms with Crippen LogP contribution in [0.3, 0.4) is 0 Å². The Morgan fingerprint density at radius 2 is 0.909 bits per heavy atom. The van der Waals surface area contributed by atoms with Crippen LogP contribution in [0.15, 0.2) is 194 Å². The first-order valence-electron chi connectivity index (χ1n) is 19.0. The third-order valence-corrected chi connectivity index (χ3v) is 12.1. The van der Waals surface area contributed by atoms with E-state index in [1.165, 1.54) is 77.2 Å². The van der Waals surface area contributed by atoms with Crippen molar-refractivity contribution in [2.75, 3.05) is 0 Å². The minimum Gasteiger partial charge on any atom is -0.228 e. The normalized spacial score (nSPS) is 13.2. The van der Waals surface area contributed by atoms with E-state index in [9.17, 15) is 0 Å². The Balaban J connectivity index is 1.11. The molecule has 0 bridgehead atoms. The summed E-state index contributed by atoms with van der Waals surface area (Å²) in [5.41, 5.74) is 16.6. The monoisotopic (exact) mass is 696 g/mol. The first-order chi connectivity index (χ1) is 27.3. The molecule has 254 valence electrons. The van der Waals surface area contributed by atoms with Crippen LogP contribution in [0.25, 0.3) is 88.5 Å². The molecule has 2 aliphatic carbocycles. The SMILES string of the molecule is c1ccc(-c2nc(-c3ccc(-c4cc5c(c6ccccc46)-c4c(ccc6ccccc46)C54c5ccccc5-c5ccccc54)cc3)nc3ccccc23)cc1. The second kappa shape index (κ2) is 11.4. The second-order valence-electron chi connectivity index (χ2n) is 14.8. The van der Waals surface area contributed by atoms with Gasteiger partial charge in [-0.15, -0.1) is 0 Å². The summed E-state index contributed by atoms with van der Waals surface area (Å²) < 4.78 is 0. The predicted molar refractivity (Wildman–Crippen MR) is 227 cm³/mol. The summed E-state index contributed by atoms with van der Waals surface area (Å²) in [6.07, 6.45) is 0. The fourth-order valence-electron chi connectivity index (χ4n) is 9.81. The van der Waals surface area contributed by atoms with Crippen LogP contribution < -0.4 is 0 Å². The number of benzene rings is 9. The molecule has 12 rings (SSSR count). The third-order valence-electron chi connectivity index (χ3n) is 12.1. The zero-order valence-electron chi connectivity index (χ0n) is 29.9. The summed E-state index contributed by atoms with van der Waals surface area (Å²) in [5.74, 6) is 0.725. The molecular formula is C53H32N2. The van der Waals surface area contributed by atoms with Crippen molar-refractivity contribution in [2.24, 2.45) is 0 Å². The molecule has 1 aromatic heterocycles. The van der Waals surface area contributed by atoms with E-state index in [0.717, 1.165) is 33.5 Å². The Labute approximate surface area is 319 Å². The van der Waals surface area contributed by atoms with Crippen molar-refractivity contribution in [2.45, 2.75) is 5.41 Å². The minimum atomic E-state index is -0.451. The molecule has 10 aromatic rings. The van der Waals surface area contributed by atoms with Gasteiger partial charge in [0.2, 0.25) is 0 Å². The third kappa shape index (κ3) is 4.14. The van der Waals surface area contributed by atoms with Crippen LogP contribution in [-0.4, -0.2) is 9.97 Å². The second-order valence-corrected chi connectivity index (χ2v) is 14.8. The van der Waals surface area contributed by atoms with Crippen molar-refractivity contribution < 1.29 is 0 Å². The van der Waals surface area contributed by atoms with Gasteiger partial charge in [0.05, 0.1) is 16.6 Å². The van der Waals surface area contributed by atoms with Gasteiger partial charge in [0.1, 0.15) is 0 Å². The average Bonchev–Trinajstić information content (AvgIpc) is 3.74. The standard InChI is InChI=1S/C53H32N2/c1-2-15-35(16-3-1)51-42-22-10-13-25-48(42)54-52(55-51)36-28-26-34(27-29-36)43-32-47-50(41-21-7-6-18-38(41)43)49-37-17-5-4-14-33(37)30-31-46(49)53(47)44-23-11-8-19-39(44)40-20-9-12-24-45(40)53/h1-32H. The van der Waals surface area contributed by atoms with Crippen LogP contribution in [0.2, 0.25) is 0 Å². The van der Waals surface area contributed by atoms with E-state index < -0.39 is 5.41 Å². The first-order valence-corrected chi connectivity index (χ1v) is 19.0. The first kappa shape index (κ1) is 30.3. The molecule has 0 saturated carbocycles. The molecule has 0 amide bonds. The summed E-state index contributed by atoms with van der Waals surface area (Å²) in [6, 6.07) is 70.9. The molecule has 0 N–H and O–H groups in total. The number of hydrogen-bond donors (Lipinski definition) is 0. The van der Waals surface area contributed by atoms with Gasteiger partial charge in [-0.3, -0.25) is 0 Å². The summed E-state index contributed by atoms with van der Waals surface area (Å²) in [6.45, 7) is 0. The lowest BCUT2D eigenvalue weighted by atomic mass is 9.70. The molecule has 0 unspecified atom stereocenters. The smallest absolute Gasteiger partial charge is 0.160 e. The molecule has 0 atom stereocenters. The Bertz CT molecular complexity index is 3150. The van der Waals surface area contributed by atoms with Crippen molar-refractivity contribution in [3.05, 3.63) is 216 Å². The van der Waals surface area contributed by atoms with Gasteiger partial charge in [0.25, 0.3) is 0 Å². The predicted octanol–water partition coefficient (Wildman–Crippen LogP) is 13.3. The van der Waals surface area contributed by atoms with Crippen molar-refractivity contribution in [3.8, 4) is 56.0 Å². The largest absolute Gasteiger partial charge is 0.228 e. The highest BCUT2D eigenvalue weighted by atomic mass is 14.9. The highest BCUT2D eigenvalue weighted by molar-refractivity contribution is 6.16. The molecular weight excluding hydrogens is 665 g/mol. The molecule has 55 heavy (non-hydrogen) atoms. The van der Waals surface area contributed by atoms with Crippen LogP contribution in [0.4, 0.5) is 0 Å². The van der Waals surface area contributed by atoms with Gasteiger partial charge < -0.3 is 0 Å². The van der Waals surface area contributed by atoms with Crippen molar-refractivity contribution in [1.82, 2.24) is 9.97 Å². The number of nitrogens with zero attached hydrogens (tertiary/aromatic N) is 2. The van der Waals surface area contributed by atoms with Crippen LogP contribution >= 0.6 is 0 Å². The number of aromatic nitrogens is 2. The average molecular weight is 697 g/mol. The van der Waals surface area contributed by atoms with Crippen LogP contribution in [0.1, 0.15) is 22.3 Å². The van der Waals surface area contributed by atoms with Gasteiger partial charge in [-0.1, -0.05) is 182 Å². The zero-order valence-corrected chi connectivity index (χ0v) is 29.9. The fraction of sp³-hybridized carbons (Fsp3) is 0.0189. The molecule has 2 heteroatoms. The van der Waals surface area contributed by atoms with E-state index >= 15 is 0 Å². The topological polar surface area (TPSA) is 25.8 Å². The molecule has 2 aliphatic rings. The van der Waals surface area contributed by atoms with E-state index in [-0.39, 0.29) is 0 Å². The summed E-state index contributed by atoms with van der Waals surface area (Å²) in [5, 5.41) is 6.14. The summed E-state index contributed by atoms with van der Waals surface area (Å²) in [7, 11) is 0. The highest BCUT2D eigenvalue weighted by Gasteiger charge is 2.52. The number of hydrogen-bond acceptors (Lipinski definition) is 2. The van der Waals surface area contributed by atoms with Gasteiger partial charge in [0.15, 0.2) is 5.82 Å². The molecule has 2 nitrogen and oxygen atoms in total. The van der Waals surface area contributed by atoms with E-state index in [1.54, 1.807) is 0 Å². The molecule has 0 fully saturated rings. The van der Waals surface area contributed by atoms with Crippen molar-refractivity contribution in [1.29, 1.82) is 0 Å². The number of para-hydroxylation sites is 1. The quantitative estimate of drug-likeness (QED) is 0.184. The number of fused-ring (bicyclic) bond motifs is 15. The van der Waals surface area contributed by atoms with Crippen molar-refractivity contribution >= 4 is 32.4 Å². The molecule has 9 aromatic carbocycles. The fourth-order valence-corrected chi connectivity index (χ4v) is 9.81. The van der Waals surface area contributed by atoms with Crippen LogP contribution in [0, 0.1) is 0 Å². The Morgan fingerprint density at radius 3 is 1.67 bits per heavy atom. The zero-order chi connectivity index (χ0) is 36.1. The van der Waals surface area contributed by atoms with E-state index in [4.69, 9.17) is 9.97 Å². The maximum Gasteiger partial charge on any atom is 0.160 e. The maximum atomic E-state index is 5.17. The van der Waals surface area contributed by atoms with Gasteiger partial charge in [-0.05, 0) is 89.3 Å². The Kier molecular flexibility index (Phi) is 6.29. The highest BCUT2D eigenvalue weighted by Crippen LogP contribution is 2.65. The Morgan fingerprint density at radius 1 is 0.327 bits per heavy atom. The minimum absolute atomic E-state index is 0.451. The molecule has 0 aliphatic heterocycles. The molecule has 0 saturated heterocycles. The van der Waals surface area contributed by atoms with Crippen LogP contribution in [-0.2, 0) is 5.41 Å². The van der Waals surface area contributed by atoms with Gasteiger partial charge in [-0.25, -0.2) is 9.97 Å². The Hall–Kier alpha value is -7.16. The van der Waals surface area contributed by atoms with E-state index in [1.807, 2.05) is 12.1 Å². The van der Waals surface area contributed by atoms with Gasteiger partial charge in [0, 0.05) is 16.5 Å². The summed E-state index contributed by atoms with van der Waals surface area (Å²) >= 11 is 0. The molecule has 1 heterocycles. The maximum absolute atomic E-state index is 5.17. The van der Waals surface area contributed by atoms with Gasteiger partial charge in [-0.2, -0.15) is 0 Å². The number of rotatable bonds is 3. The van der Waals surface area contributed by atoms with Crippen LogP contribution in [0.5, 0.6) is 0 Å². The van der Waals surface area contributed by atoms with E-state index in [2.05, 4.69) is 182 Å². The van der Waals surface area contributed by atoms with E-state index in [0.29, 0.717) is 0 Å². The lowest BCUT2D eigenvalue weighted by Crippen LogP contribution is -2.26. The molecule has 0 radical (unpaired) electrons. The lowest BCUT2D eigenvalue weighted by Gasteiger charge is -2.31. The molecule has 1 spiro atoms. The lowest BCUT2D eigenvalue weighted by molar-refractivity contribution is 0.795. The summed E-state index contributed by atoms with van der Waals surface area (Å²) in [4.78, 5) is 10.2. The van der Waals surface area contributed by atoms with Crippen molar-refractivity contribution in [3.63, 3.8) is 0 Å². The van der Waals surface area contributed by atoms with Gasteiger partial charge >= 0.3 is 0 Å².